The first kappa shape index (κ1) is 27.1. The number of rotatable bonds is 4. The van der Waals surface area contributed by atoms with Crippen LogP contribution in [0.25, 0.3) is 0 Å². The third-order valence-corrected chi connectivity index (χ3v) is 6.05. The monoisotopic (exact) mass is 564 g/mol. The predicted molar refractivity (Wildman–Crippen MR) is 66.8 cm³/mol. The molecule has 21 heteroatoms. The van der Waals surface area contributed by atoms with Crippen LogP contribution in [-0.2, 0) is 14.3 Å². The fraction of sp³-hybridized carbons (Fsp3) is 0.923. The van der Waals surface area contributed by atoms with Crippen LogP contribution < -0.4 is 0 Å². The van der Waals surface area contributed by atoms with Gasteiger partial charge >= 0.3 is 64.8 Å². The van der Waals surface area contributed by atoms with Crippen LogP contribution in [0, 0.1) is 0 Å². The summed E-state index contributed by atoms with van der Waals surface area (Å²) in [6.45, 7) is 0. The SMILES string of the molecule is O=C(CCl)OC(F)(F)OC12C(F)(F)C3(F)C(F)(F)C(F)(C(F)(F)C(F)(C3(F)F)C1(F)F)C2(F)F. The van der Waals surface area contributed by atoms with Gasteiger partial charge in [0.2, 0.25) is 0 Å². The van der Waals surface area contributed by atoms with E-state index in [1.165, 1.54) is 0 Å². The Morgan fingerprint density at radius 1 is 0.588 bits per heavy atom. The van der Waals surface area contributed by atoms with E-state index in [1.54, 1.807) is 0 Å². The number of ether oxygens (including phenoxy) is 2. The van der Waals surface area contributed by atoms with Crippen molar-refractivity contribution in [2.45, 2.75) is 64.4 Å². The molecule has 4 rings (SSSR count). The van der Waals surface area contributed by atoms with E-state index in [-0.39, 0.29) is 0 Å². The smallest absolute Gasteiger partial charge is 0.376 e. The van der Waals surface area contributed by atoms with E-state index in [0.29, 0.717) is 0 Å². The molecule has 0 radical (unpaired) electrons. The van der Waals surface area contributed by atoms with Gasteiger partial charge in [0.05, 0.1) is 0 Å². The van der Waals surface area contributed by atoms with Gasteiger partial charge in [0.15, 0.2) is 0 Å². The average Bonchev–Trinajstić information content (AvgIpc) is 2.65. The van der Waals surface area contributed by atoms with Gasteiger partial charge in [-0.1, -0.05) is 0 Å². The zero-order valence-electron chi connectivity index (χ0n) is 14.7. The van der Waals surface area contributed by atoms with Gasteiger partial charge in [0.25, 0.3) is 5.60 Å². The Morgan fingerprint density at radius 2 is 0.853 bits per heavy atom. The summed E-state index contributed by atoms with van der Waals surface area (Å²) in [5.74, 6) is -53.6. The van der Waals surface area contributed by atoms with Gasteiger partial charge in [-0.05, 0) is 0 Å². The second kappa shape index (κ2) is 5.91. The van der Waals surface area contributed by atoms with Crippen molar-refractivity contribution in [3.05, 3.63) is 0 Å². The van der Waals surface area contributed by atoms with Crippen molar-refractivity contribution >= 4 is 17.6 Å². The lowest BCUT2D eigenvalue weighted by Gasteiger charge is -2.74. The molecule has 0 spiro atoms. The summed E-state index contributed by atoms with van der Waals surface area (Å²) in [5, 5.41) is 0. The Kier molecular flexibility index (Phi) is 4.71. The van der Waals surface area contributed by atoms with Crippen LogP contribution in [0.1, 0.15) is 0 Å². The highest BCUT2D eigenvalue weighted by Gasteiger charge is 3.23. The summed E-state index contributed by atoms with van der Waals surface area (Å²) in [6, 6.07) is 0. The van der Waals surface area contributed by atoms with Gasteiger partial charge in [0, 0.05) is 0 Å². The van der Waals surface area contributed by atoms with Crippen molar-refractivity contribution in [3.8, 4) is 0 Å². The first-order valence-corrected chi connectivity index (χ1v) is 8.39. The van der Waals surface area contributed by atoms with E-state index in [1.807, 2.05) is 0 Å². The Bertz CT molecular complexity index is 834. The molecule has 0 aromatic rings. The molecular formula is C13H2ClF17O3. The summed E-state index contributed by atoms with van der Waals surface area (Å²) >= 11 is 4.60. The summed E-state index contributed by atoms with van der Waals surface area (Å²) < 4.78 is 248. The molecule has 198 valence electrons. The molecule has 4 aliphatic rings. The molecule has 34 heavy (non-hydrogen) atoms. The standard InChI is InChI=1S/C13H2ClF17O3/c14-1-2(32)33-13(30,31)34-6-10(24,25)3(15)7(18,19)4(16,11(6,26)27)9(22,23)5(17,8(3,20)21)12(6,28)29/h1H2. The van der Waals surface area contributed by atoms with Gasteiger partial charge in [-0.2, -0.15) is 52.7 Å². The Balaban J connectivity index is 2.58. The molecule has 0 heterocycles. The third kappa shape index (κ3) is 1.86. The molecule has 0 aromatic heterocycles. The Labute approximate surface area is 178 Å². The van der Waals surface area contributed by atoms with Crippen molar-refractivity contribution in [1.82, 2.24) is 0 Å². The molecule has 0 aliphatic heterocycles. The number of hydrogen-bond acceptors (Lipinski definition) is 3. The normalized spacial score (nSPS) is 44.1. The van der Waals surface area contributed by atoms with Crippen LogP contribution in [0.4, 0.5) is 74.6 Å². The molecule has 0 amide bonds. The van der Waals surface area contributed by atoms with Gasteiger partial charge in [0.1, 0.15) is 5.88 Å². The molecule has 4 saturated carbocycles. The molecule has 0 atom stereocenters. The van der Waals surface area contributed by atoms with Gasteiger partial charge in [-0.25, -0.2) is 13.2 Å². The summed E-state index contributed by atoms with van der Waals surface area (Å²) in [7, 11) is 0. The van der Waals surface area contributed by atoms with E-state index in [9.17, 15) is 79.4 Å². The maximum absolute atomic E-state index is 14.7. The predicted octanol–water partition coefficient (Wildman–Crippen LogP) is 5.05. The van der Waals surface area contributed by atoms with Crippen molar-refractivity contribution in [3.63, 3.8) is 0 Å². The first-order chi connectivity index (χ1) is 14.7. The number of hydrogen-bond donors (Lipinski definition) is 0. The van der Waals surface area contributed by atoms with E-state index >= 15 is 0 Å². The van der Waals surface area contributed by atoms with E-state index < -0.39 is 76.3 Å². The number of halogens is 18. The highest BCUT2D eigenvalue weighted by atomic mass is 35.5. The quantitative estimate of drug-likeness (QED) is 0.208. The fourth-order valence-corrected chi connectivity index (χ4v) is 4.41. The molecular weight excluding hydrogens is 563 g/mol. The first-order valence-electron chi connectivity index (χ1n) is 7.85. The van der Waals surface area contributed by atoms with Gasteiger partial charge < -0.3 is 4.74 Å². The minimum atomic E-state index is -8.22. The molecule has 4 aliphatic carbocycles. The number of alkyl halides is 18. The molecule has 0 unspecified atom stereocenters. The zero-order chi connectivity index (χ0) is 27.2. The van der Waals surface area contributed by atoms with Gasteiger partial charge in [-0.3, -0.25) is 9.53 Å². The third-order valence-electron chi connectivity index (χ3n) is 5.83. The van der Waals surface area contributed by atoms with Crippen LogP contribution in [0.5, 0.6) is 0 Å². The summed E-state index contributed by atoms with van der Waals surface area (Å²) in [5.41, 5.74) is -32.3. The van der Waals surface area contributed by atoms with Crippen molar-refractivity contribution in [1.29, 1.82) is 0 Å². The molecule has 0 N–H and O–H groups in total. The van der Waals surface area contributed by atoms with E-state index in [4.69, 9.17) is 0 Å². The highest BCUT2D eigenvalue weighted by Crippen LogP contribution is 2.89. The second-order valence-electron chi connectivity index (χ2n) is 7.28. The number of carbonyl (C=O) groups is 1. The minimum absolute atomic E-state index is 1.81. The maximum atomic E-state index is 14.7. The molecule has 4 fully saturated rings. The fourth-order valence-electron chi connectivity index (χ4n) is 4.36. The Morgan fingerprint density at radius 3 is 1.09 bits per heavy atom. The van der Waals surface area contributed by atoms with Crippen molar-refractivity contribution in [2.24, 2.45) is 0 Å². The maximum Gasteiger partial charge on any atom is 0.538 e. The topological polar surface area (TPSA) is 35.5 Å². The lowest BCUT2D eigenvalue weighted by Crippen LogP contribution is -3.10. The average molecular weight is 565 g/mol. The lowest BCUT2D eigenvalue weighted by molar-refractivity contribution is -0.637. The van der Waals surface area contributed by atoms with Crippen LogP contribution in [0.3, 0.4) is 0 Å². The van der Waals surface area contributed by atoms with Crippen LogP contribution in [0.15, 0.2) is 0 Å². The van der Waals surface area contributed by atoms with Crippen LogP contribution >= 0.6 is 11.6 Å². The number of carbonyl (C=O) groups excluding carboxylic acids is 1. The Hall–Kier alpha value is -1.47. The minimum Gasteiger partial charge on any atom is -0.376 e. The highest BCUT2D eigenvalue weighted by molar-refractivity contribution is 6.26. The molecule has 3 nitrogen and oxygen atoms in total. The zero-order valence-corrected chi connectivity index (χ0v) is 15.5. The van der Waals surface area contributed by atoms with E-state index in [0.717, 1.165) is 0 Å². The molecule has 0 saturated heterocycles. The molecule has 4 bridgehead atoms. The van der Waals surface area contributed by atoms with Crippen LogP contribution in [0.2, 0.25) is 0 Å². The molecule has 0 aromatic carbocycles. The second-order valence-corrected chi connectivity index (χ2v) is 7.54. The number of esters is 1. The summed E-state index contributed by atoms with van der Waals surface area (Å²) in [6.07, 6.45) is -6.79. The largest absolute Gasteiger partial charge is 0.538 e. The summed E-state index contributed by atoms with van der Waals surface area (Å²) in [4.78, 5) is 10.7. The van der Waals surface area contributed by atoms with Crippen molar-refractivity contribution < 1.29 is 88.9 Å². The van der Waals surface area contributed by atoms with E-state index in [2.05, 4.69) is 21.1 Å². The van der Waals surface area contributed by atoms with Gasteiger partial charge in [-0.15, -0.1) is 20.4 Å². The lowest BCUT2D eigenvalue weighted by atomic mass is 9.40. The van der Waals surface area contributed by atoms with Crippen molar-refractivity contribution in [2.75, 3.05) is 5.88 Å². The van der Waals surface area contributed by atoms with Crippen LogP contribution in [-0.4, -0.2) is 76.3 Å².